The van der Waals surface area contributed by atoms with Gasteiger partial charge in [-0.3, -0.25) is 0 Å². The number of nitrogens with zero attached hydrogens (tertiary/aromatic N) is 1. The number of fused-ring (bicyclic) bond motifs is 1. The van der Waals surface area contributed by atoms with Crippen molar-refractivity contribution in [3.63, 3.8) is 0 Å². The molecule has 0 bridgehead atoms. The Morgan fingerprint density at radius 3 is 2.63 bits per heavy atom. The van der Waals surface area contributed by atoms with Crippen molar-refractivity contribution in [2.45, 2.75) is 26.8 Å². The minimum atomic E-state index is -0.414. The van der Waals surface area contributed by atoms with Gasteiger partial charge in [0.25, 0.3) is 0 Å². The molecule has 0 spiro atoms. The van der Waals surface area contributed by atoms with E-state index in [4.69, 9.17) is 33.3 Å². The Bertz CT molecular complexity index is 964. The number of rotatable bonds is 5. The Hall–Kier alpha value is -2.36. The molecular formula is C20H22ClN3O4S2. The molecule has 1 aliphatic rings. The summed E-state index contributed by atoms with van der Waals surface area (Å²) < 4.78 is 10.4. The number of benzene rings is 1. The lowest BCUT2D eigenvalue weighted by atomic mass is 10.0. The van der Waals surface area contributed by atoms with Crippen LogP contribution in [0.15, 0.2) is 24.3 Å². The van der Waals surface area contributed by atoms with Gasteiger partial charge < -0.3 is 25.0 Å². The first kappa shape index (κ1) is 22.3. The quantitative estimate of drug-likeness (QED) is 0.478. The van der Waals surface area contributed by atoms with E-state index in [2.05, 4.69) is 10.6 Å². The average Bonchev–Trinajstić information content (AvgIpc) is 3.07. The number of esters is 1. The fourth-order valence-corrected chi connectivity index (χ4v) is 4.82. The van der Waals surface area contributed by atoms with Crippen LogP contribution in [0.1, 0.15) is 34.6 Å². The van der Waals surface area contributed by atoms with E-state index in [9.17, 15) is 9.59 Å². The van der Waals surface area contributed by atoms with Crippen molar-refractivity contribution in [2.75, 3.05) is 30.4 Å². The van der Waals surface area contributed by atoms with Crippen LogP contribution in [0.3, 0.4) is 0 Å². The number of carbonyl (C=O) groups excluding carboxylic acids is 2. The number of carbonyl (C=O) groups is 2. The van der Waals surface area contributed by atoms with Crippen molar-refractivity contribution < 1.29 is 19.1 Å². The van der Waals surface area contributed by atoms with Gasteiger partial charge in [-0.1, -0.05) is 23.7 Å². The maximum absolute atomic E-state index is 12.7. The third kappa shape index (κ3) is 5.03. The summed E-state index contributed by atoms with van der Waals surface area (Å²) in [6, 6.07) is 7.23. The fraction of sp³-hybridized carbons (Fsp3) is 0.350. The number of ether oxygens (including phenoxy) is 2. The van der Waals surface area contributed by atoms with Crippen LogP contribution in [-0.2, 0) is 22.4 Å². The van der Waals surface area contributed by atoms with Crippen molar-refractivity contribution in [2.24, 2.45) is 0 Å². The lowest BCUT2D eigenvalue weighted by Crippen LogP contribution is -2.36. The van der Waals surface area contributed by atoms with E-state index in [0.717, 1.165) is 10.4 Å². The summed E-state index contributed by atoms with van der Waals surface area (Å²) in [6.07, 6.45) is 0.171. The van der Waals surface area contributed by atoms with Gasteiger partial charge in [0.05, 0.1) is 36.0 Å². The lowest BCUT2D eigenvalue weighted by Gasteiger charge is -2.26. The predicted molar refractivity (Wildman–Crippen MR) is 123 cm³/mol. The molecule has 0 atom stereocenters. The number of thiocarbonyl (C=S) groups is 1. The Labute approximate surface area is 189 Å². The molecule has 0 aliphatic carbocycles. The van der Waals surface area contributed by atoms with Gasteiger partial charge in [-0.25, -0.2) is 9.59 Å². The van der Waals surface area contributed by atoms with Gasteiger partial charge in [0.2, 0.25) is 0 Å². The Morgan fingerprint density at radius 1 is 1.20 bits per heavy atom. The highest BCUT2D eigenvalue weighted by atomic mass is 35.5. The molecule has 160 valence electrons. The zero-order valence-corrected chi connectivity index (χ0v) is 19.0. The van der Waals surface area contributed by atoms with Gasteiger partial charge in [0.15, 0.2) is 5.11 Å². The lowest BCUT2D eigenvalue weighted by molar-refractivity contribution is 0.0526. The summed E-state index contributed by atoms with van der Waals surface area (Å²) in [5, 5.41) is 7.54. The highest BCUT2D eigenvalue weighted by Crippen LogP contribution is 2.38. The van der Waals surface area contributed by atoms with E-state index in [1.54, 1.807) is 30.9 Å². The first-order valence-electron chi connectivity index (χ1n) is 9.50. The monoisotopic (exact) mass is 467 g/mol. The van der Waals surface area contributed by atoms with Crippen molar-refractivity contribution in [3.05, 3.63) is 45.3 Å². The molecule has 30 heavy (non-hydrogen) atoms. The molecule has 0 saturated carbocycles. The minimum Gasteiger partial charge on any atom is -0.462 e. The molecule has 2 aromatic rings. The highest BCUT2D eigenvalue weighted by Gasteiger charge is 2.31. The van der Waals surface area contributed by atoms with Crippen molar-refractivity contribution in [1.29, 1.82) is 0 Å². The average molecular weight is 468 g/mol. The summed E-state index contributed by atoms with van der Waals surface area (Å²) in [5.74, 6) is -0.414. The topological polar surface area (TPSA) is 79.9 Å². The van der Waals surface area contributed by atoms with E-state index >= 15 is 0 Å². The van der Waals surface area contributed by atoms with Crippen LogP contribution in [0, 0.1) is 0 Å². The second kappa shape index (κ2) is 10.1. The van der Waals surface area contributed by atoms with Gasteiger partial charge in [-0.05, 0) is 50.2 Å². The van der Waals surface area contributed by atoms with E-state index < -0.39 is 5.97 Å². The molecule has 7 nitrogen and oxygen atoms in total. The fourth-order valence-electron chi connectivity index (χ4n) is 3.10. The molecule has 1 amide bonds. The van der Waals surface area contributed by atoms with Crippen LogP contribution < -0.4 is 10.6 Å². The largest absolute Gasteiger partial charge is 0.462 e. The minimum absolute atomic E-state index is 0.264. The standard InChI is InChI=1S/C20H22ClN3O4S2/c1-3-27-18(25)16-12-9-10-24(20(26)28-4-2)11-15(12)30-17(16)23-19(29)22-14-8-6-5-7-13(14)21/h5-8H,3-4,9-11H2,1-2H3,(H2,22,23,29). The van der Waals surface area contributed by atoms with E-state index in [1.807, 2.05) is 12.1 Å². The molecule has 1 aliphatic heterocycles. The molecule has 0 saturated heterocycles. The van der Waals surface area contributed by atoms with Gasteiger partial charge in [0.1, 0.15) is 5.00 Å². The second-order valence-corrected chi connectivity index (χ2v) is 8.28. The van der Waals surface area contributed by atoms with Crippen LogP contribution in [0.2, 0.25) is 5.02 Å². The van der Waals surface area contributed by atoms with Crippen LogP contribution in [0.4, 0.5) is 15.5 Å². The van der Waals surface area contributed by atoms with Crippen molar-refractivity contribution >= 4 is 63.0 Å². The third-order valence-corrected chi connectivity index (χ3v) is 6.08. The summed E-state index contributed by atoms with van der Waals surface area (Å²) in [4.78, 5) is 27.3. The molecule has 2 heterocycles. The molecule has 0 unspecified atom stereocenters. The third-order valence-electron chi connectivity index (χ3n) is 4.41. The van der Waals surface area contributed by atoms with Crippen LogP contribution >= 0.6 is 35.2 Å². The Morgan fingerprint density at radius 2 is 1.93 bits per heavy atom. The second-order valence-electron chi connectivity index (χ2n) is 6.36. The van der Waals surface area contributed by atoms with Gasteiger partial charge in [0, 0.05) is 11.4 Å². The first-order valence-corrected chi connectivity index (χ1v) is 11.1. The summed E-state index contributed by atoms with van der Waals surface area (Å²) in [6.45, 7) is 4.95. The normalized spacial score (nSPS) is 12.7. The molecular weight excluding hydrogens is 446 g/mol. The van der Waals surface area contributed by atoms with Crippen LogP contribution in [-0.4, -0.2) is 41.8 Å². The highest BCUT2D eigenvalue weighted by molar-refractivity contribution is 7.80. The number of hydrogen-bond donors (Lipinski definition) is 2. The number of para-hydroxylation sites is 1. The molecule has 3 rings (SSSR count). The zero-order chi connectivity index (χ0) is 21.7. The van der Waals surface area contributed by atoms with Crippen molar-refractivity contribution in [1.82, 2.24) is 4.90 Å². The van der Waals surface area contributed by atoms with E-state index in [-0.39, 0.29) is 12.7 Å². The molecule has 1 aromatic carbocycles. The Balaban J connectivity index is 1.85. The summed E-state index contributed by atoms with van der Waals surface area (Å²) >= 11 is 13.0. The maximum Gasteiger partial charge on any atom is 0.410 e. The molecule has 1 aromatic heterocycles. The summed E-state index contributed by atoms with van der Waals surface area (Å²) in [5.41, 5.74) is 2.00. The Kier molecular flexibility index (Phi) is 7.52. The van der Waals surface area contributed by atoms with E-state index in [1.165, 1.54) is 11.3 Å². The van der Waals surface area contributed by atoms with Crippen molar-refractivity contribution in [3.8, 4) is 0 Å². The number of hydrogen-bond acceptors (Lipinski definition) is 6. The van der Waals surface area contributed by atoms with Crippen LogP contribution in [0.5, 0.6) is 0 Å². The summed E-state index contributed by atoms with van der Waals surface area (Å²) in [7, 11) is 0. The smallest absolute Gasteiger partial charge is 0.410 e. The number of nitrogens with one attached hydrogen (secondary N) is 2. The maximum atomic E-state index is 12.7. The van der Waals surface area contributed by atoms with Gasteiger partial charge >= 0.3 is 12.1 Å². The first-order chi connectivity index (χ1) is 14.4. The molecule has 0 radical (unpaired) electrons. The van der Waals surface area contributed by atoms with Gasteiger partial charge in [-0.2, -0.15) is 0 Å². The molecule has 2 N–H and O–H groups in total. The van der Waals surface area contributed by atoms with E-state index in [0.29, 0.717) is 52.5 Å². The van der Waals surface area contributed by atoms with Crippen LogP contribution in [0.25, 0.3) is 0 Å². The van der Waals surface area contributed by atoms with Gasteiger partial charge in [-0.15, -0.1) is 11.3 Å². The number of halogens is 1. The number of thiophene rings is 1. The predicted octanol–water partition coefficient (Wildman–Crippen LogP) is 4.90. The number of anilines is 2. The molecule has 0 fully saturated rings. The zero-order valence-electron chi connectivity index (χ0n) is 16.6. The molecule has 10 heteroatoms. The SMILES string of the molecule is CCOC(=O)c1c(NC(=S)Nc2ccccc2Cl)sc2c1CCN(C(=O)OCC)C2. The number of amides is 1.